The molecule has 5 nitrogen and oxygen atoms in total. The fourth-order valence-corrected chi connectivity index (χ4v) is 4.34. The van der Waals surface area contributed by atoms with Crippen LogP contribution in [0.25, 0.3) is 0 Å². The van der Waals surface area contributed by atoms with E-state index in [1.165, 1.54) is 7.11 Å². The summed E-state index contributed by atoms with van der Waals surface area (Å²) in [7, 11) is -0.607. The zero-order chi connectivity index (χ0) is 18.9. The lowest BCUT2D eigenvalue weighted by molar-refractivity contribution is 0.391. The molecule has 0 fully saturated rings. The summed E-state index contributed by atoms with van der Waals surface area (Å²) in [5.74, 6) is 1.18. The molecule has 0 amide bonds. The second kappa shape index (κ2) is 7.03. The average Bonchev–Trinajstić information content (AvgIpc) is 2.62. The van der Waals surface area contributed by atoms with Gasteiger partial charge in [-0.05, 0) is 31.0 Å². The topological polar surface area (TPSA) is 64.6 Å². The van der Waals surface area contributed by atoms with Gasteiger partial charge in [0.15, 0.2) is 0 Å². The maximum Gasteiger partial charge on any atom is 0.262 e. The van der Waals surface area contributed by atoms with Crippen molar-refractivity contribution in [3.05, 3.63) is 59.2 Å². The van der Waals surface area contributed by atoms with Crippen molar-refractivity contribution in [2.24, 2.45) is 0 Å². The number of nitrogens with one attached hydrogen (secondary N) is 1. The molecule has 0 saturated heterocycles. The molecule has 1 unspecified atom stereocenters. The molecule has 1 N–H and O–H groups in total. The first-order chi connectivity index (χ1) is 12.4. The van der Waals surface area contributed by atoms with Gasteiger partial charge in [-0.15, -0.1) is 0 Å². The first kappa shape index (κ1) is 18.3. The Morgan fingerprint density at radius 1 is 1.08 bits per heavy atom. The number of aryl methyl sites for hydroxylation is 1. The highest BCUT2D eigenvalue weighted by molar-refractivity contribution is 7.92. The summed E-state index contributed by atoms with van der Waals surface area (Å²) < 4.78 is 39.5. The SMILES string of the molecule is COc1cc(OC)c(NS(=O)(=O)c2ccc(C)cc2)c2c1CC=CC2C. The van der Waals surface area contributed by atoms with Crippen molar-refractivity contribution < 1.29 is 17.9 Å². The molecule has 26 heavy (non-hydrogen) atoms. The lowest BCUT2D eigenvalue weighted by atomic mass is 9.87. The molecule has 0 bridgehead atoms. The van der Waals surface area contributed by atoms with E-state index in [4.69, 9.17) is 9.47 Å². The maximum atomic E-state index is 12.9. The summed E-state index contributed by atoms with van der Waals surface area (Å²) in [5, 5.41) is 0. The van der Waals surface area contributed by atoms with Crippen LogP contribution in [0, 0.1) is 6.92 Å². The Morgan fingerprint density at radius 2 is 1.73 bits per heavy atom. The number of allylic oxidation sites excluding steroid dienone is 2. The monoisotopic (exact) mass is 373 g/mol. The maximum absolute atomic E-state index is 12.9. The largest absolute Gasteiger partial charge is 0.496 e. The Labute approximate surface area is 154 Å². The number of hydrogen-bond donors (Lipinski definition) is 1. The van der Waals surface area contributed by atoms with E-state index in [2.05, 4.69) is 16.9 Å². The molecular weight excluding hydrogens is 350 g/mol. The van der Waals surface area contributed by atoms with Crippen LogP contribution in [0.2, 0.25) is 0 Å². The van der Waals surface area contributed by atoms with E-state index < -0.39 is 10.0 Å². The van der Waals surface area contributed by atoms with Crippen LogP contribution in [0.15, 0.2) is 47.4 Å². The second-order valence-electron chi connectivity index (χ2n) is 6.39. The van der Waals surface area contributed by atoms with Gasteiger partial charge in [-0.1, -0.05) is 36.8 Å². The summed E-state index contributed by atoms with van der Waals surface area (Å²) in [4.78, 5) is 0.216. The quantitative estimate of drug-likeness (QED) is 0.804. The zero-order valence-corrected chi connectivity index (χ0v) is 16.2. The number of ether oxygens (including phenoxy) is 2. The third-order valence-corrected chi connectivity index (χ3v) is 5.98. The predicted octanol–water partition coefficient (Wildman–Crippen LogP) is 4.03. The van der Waals surface area contributed by atoms with E-state index in [0.717, 1.165) is 16.7 Å². The standard InChI is InChI=1S/C20H23NO4S/c1-13-8-10-15(11-9-13)26(22,23)21-20-18(25-4)12-17(24-3)16-7-5-6-14(2)19(16)20/h5-6,8-12,14,21H,7H2,1-4H3. The van der Waals surface area contributed by atoms with E-state index in [9.17, 15) is 8.42 Å². The van der Waals surface area contributed by atoms with Crippen molar-refractivity contribution in [3.8, 4) is 11.5 Å². The minimum Gasteiger partial charge on any atom is -0.496 e. The fraction of sp³-hybridized carbons (Fsp3) is 0.300. The minimum absolute atomic E-state index is 0.0402. The van der Waals surface area contributed by atoms with Gasteiger partial charge in [0.2, 0.25) is 0 Å². The van der Waals surface area contributed by atoms with E-state index in [1.54, 1.807) is 37.4 Å². The minimum atomic E-state index is -3.73. The lowest BCUT2D eigenvalue weighted by Gasteiger charge is -2.26. The fourth-order valence-electron chi connectivity index (χ4n) is 3.25. The Morgan fingerprint density at radius 3 is 2.35 bits per heavy atom. The average molecular weight is 373 g/mol. The van der Waals surface area contributed by atoms with E-state index in [1.807, 2.05) is 13.8 Å². The predicted molar refractivity (Wildman–Crippen MR) is 103 cm³/mol. The van der Waals surface area contributed by atoms with Crippen LogP contribution in [-0.2, 0) is 16.4 Å². The van der Waals surface area contributed by atoms with Gasteiger partial charge in [0.05, 0.1) is 24.8 Å². The third-order valence-electron chi connectivity index (χ3n) is 4.61. The number of hydrogen-bond acceptors (Lipinski definition) is 4. The molecule has 1 aliphatic rings. The lowest BCUT2D eigenvalue weighted by Crippen LogP contribution is -2.17. The van der Waals surface area contributed by atoms with Gasteiger partial charge in [0.25, 0.3) is 10.0 Å². The molecule has 1 aliphatic carbocycles. The number of fused-ring (bicyclic) bond motifs is 1. The van der Waals surface area contributed by atoms with Crippen LogP contribution in [0.3, 0.4) is 0 Å². The summed E-state index contributed by atoms with van der Waals surface area (Å²) in [6, 6.07) is 8.49. The number of anilines is 1. The molecule has 0 saturated carbocycles. The van der Waals surface area contributed by atoms with Crippen molar-refractivity contribution in [2.45, 2.75) is 31.1 Å². The van der Waals surface area contributed by atoms with Crippen LogP contribution in [-0.4, -0.2) is 22.6 Å². The molecule has 0 spiro atoms. The highest BCUT2D eigenvalue weighted by atomic mass is 32.2. The molecular formula is C20H23NO4S. The molecule has 0 heterocycles. The van der Waals surface area contributed by atoms with E-state index in [0.29, 0.717) is 23.6 Å². The van der Waals surface area contributed by atoms with Gasteiger partial charge in [0.1, 0.15) is 11.5 Å². The van der Waals surface area contributed by atoms with Crippen LogP contribution < -0.4 is 14.2 Å². The Balaban J connectivity index is 2.14. The van der Waals surface area contributed by atoms with Crippen LogP contribution in [0.4, 0.5) is 5.69 Å². The molecule has 0 radical (unpaired) electrons. The van der Waals surface area contributed by atoms with Crippen molar-refractivity contribution in [1.82, 2.24) is 0 Å². The van der Waals surface area contributed by atoms with Gasteiger partial charge in [-0.25, -0.2) is 8.42 Å². The summed E-state index contributed by atoms with van der Waals surface area (Å²) in [6.07, 6.45) is 4.82. The molecule has 0 aliphatic heterocycles. The molecule has 3 rings (SSSR count). The van der Waals surface area contributed by atoms with Crippen LogP contribution in [0.5, 0.6) is 11.5 Å². The Kier molecular flexibility index (Phi) is 4.96. The van der Waals surface area contributed by atoms with E-state index >= 15 is 0 Å². The van der Waals surface area contributed by atoms with Gasteiger partial charge >= 0.3 is 0 Å². The first-order valence-electron chi connectivity index (χ1n) is 8.41. The summed E-state index contributed by atoms with van der Waals surface area (Å²) in [5.41, 5.74) is 3.34. The highest BCUT2D eigenvalue weighted by Crippen LogP contribution is 2.44. The molecule has 138 valence electrons. The number of rotatable bonds is 5. The first-order valence-corrected chi connectivity index (χ1v) is 9.89. The Bertz CT molecular complexity index is 947. The summed E-state index contributed by atoms with van der Waals surface area (Å²) in [6.45, 7) is 3.94. The molecule has 6 heteroatoms. The molecule has 1 atom stereocenters. The zero-order valence-electron chi connectivity index (χ0n) is 15.4. The molecule has 0 aromatic heterocycles. The van der Waals surface area contributed by atoms with Gasteiger partial charge < -0.3 is 9.47 Å². The van der Waals surface area contributed by atoms with Crippen molar-refractivity contribution in [1.29, 1.82) is 0 Å². The van der Waals surface area contributed by atoms with E-state index in [-0.39, 0.29) is 10.8 Å². The Hall–Kier alpha value is -2.47. The summed E-state index contributed by atoms with van der Waals surface area (Å²) >= 11 is 0. The van der Waals surface area contributed by atoms with Crippen LogP contribution in [0.1, 0.15) is 29.5 Å². The van der Waals surface area contributed by atoms with Gasteiger partial charge in [-0.3, -0.25) is 4.72 Å². The smallest absolute Gasteiger partial charge is 0.262 e. The van der Waals surface area contributed by atoms with Gasteiger partial charge in [-0.2, -0.15) is 0 Å². The number of sulfonamides is 1. The normalized spacial score (nSPS) is 16.1. The van der Waals surface area contributed by atoms with Gasteiger partial charge in [0, 0.05) is 17.5 Å². The highest BCUT2D eigenvalue weighted by Gasteiger charge is 2.27. The molecule has 2 aromatic rings. The molecule has 2 aromatic carbocycles. The van der Waals surface area contributed by atoms with Crippen LogP contribution >= 0.6 is 0 Å². The third kappa shape index (κ3) is 3.29. The number of benzene rings is 2. The van der Waals surface area contributed by atoms with Crippen molar-refractivity contribution >= 4 is 15.7 Å². The van der Waals surface area contributed by atoms with Crippen molar-refractivity contribution in [3.63, 3.8) is 0 Å². The second-order valence-corrected chi connectivity index (χ2v) is 8.07. The van der Waals surface area contributed by atoms with Crippen molar-refractivity contribution in [2.75, 3.05) is 18.9 Å². The number of methoxy groups -OCH3 is 2.